The van der Waals surface area contributed by atoms with Crippen LogP contribution < -0.4 is 0 Å². The van der Waals surface area contributed by atoms with Gasteiger partial charge in [0.15, 0.2) is 5.78 Å². The van der Waals surface area contributed by atoms with Crippen LogP contribution in [0.1, 0.15) is 45.1 Å². The first-order valence-electron chi connectivity index (χ1n) is 8.42. The highest BCUT2D eigenvalue weighted by molar-refractivity contribution is 6.23. The predicted octanol–water partition coefficient (Wildman–Crippen LogP) is 3.78. The lowest BCUT2D eigenvalue weighted by Gasteiger charge is -2.30. The Hall–Kier alpha value is -2.43. The van der Waals surface area contributed by atoms with E-state index in [1.54, 1.807) is 0 Å². The fourth-order valence-electron chi connectivity index (χ4n) is 2.99. The second-order valence-corrected chi connectivity index (χ2v) is 7.09. The normalized spacial score (nSPS) is 17.6. The second kappa shape index (κ2) is 8.10. The Morgan fingerprint density at radius 1 is 1.20 bits per heavy atom. The highest BCUT2D eigenvalue weighted by atomic mass is 16.5. The van der Waals surface area contributed by atoms with Gasteiger partial charge in [0, 0.05) is 25.0 Å². The smallest absolute Gasteiger partial charge is 0.305 e. The number of hydrogen-bond acceptors (Lipinski definition) is 5. The van der Waals surface area contributed by atoms with Crippen LogP contribution in [0, 0.1) is 5.41 Å². The molecule has 0 aromatic heterocycles. The molecule has 0 radical (unpaired) electrons. The SMILES string of the molecule is COC(=O)CCC(=NCc1ccccc1)C1=C(O)CC(C)(C)CC1=O. The molecule has 0 heterocycles. The van der Waals surface area contributed by atoms with Crippen LogP contribution in [0.15, 0.2) is 46.7 Å². The summed E-state index contributed by atoms with van der Waals surface area (Å²) < 4.78 is 4.68. The molecule has 1 aliphatic rings. The van der Waals surface area contributed by atoms with E-state index in [0.29, 0.717) is 25.1 Å². The van der Waals surface area contributed by atoms with E-state index in [4.69, 9.17) is 0 Å². The molecule has 0 fully saturated rings. The van der Waals surface area contributed by atoms with Gasteiger partial charge in [0.05, 0.1) is 25.6 Å². The molecule has 134 valence electrons. The Bertz CT molecular complexity index is 702. The van der Waals surface area contributed by atoms with Crippen LogP contribution in [0.3, 0.4) is 0 Å². The molecule has 5 nitrogen and oxygen atoms in total. The van der Waals surface area contributed by atoms with E-state index in [1.165, 1.54) is 7.11 Å². The molecule has 0 amide bonds. The van der Waals surface area contributed by atoms with Gasteiger partial charge < -0.3 is 9.84 Å². The quantitative estimate of drug-likeness (QED) is 0.630. The number of carbonyl (C=O) groups excluding carboxylic acids is 2. The minimum Gasteiger partial charge on any atom is -0.511 e. The lowest BCUT2D eigenvalue weighted by atomic mass is 9.75. The van der Waals surface area contributed by atoms with Crippen molar-refractivity contribution in [2.75, 3.05) is 7.11 Å². The zero-order valence-corrected chi connectivity index (χ0v) is 15.0. The van der Waals surface area contributed by atoms with Gasteiger partial charge >= 0.3 is 5.97 Å². The van der Waals surface area contributed by atoms with Crippen LogP contribution >= 0.6 is 0 Å². The molecule has 1 aromatic rings. The number of ether oxygens (including phenoxy) is 1. The van der Waals surface area contributed by atoms with Gasteiger partial charge in [0.1, 0.15) is 5.76 Å². The zero-order valence-electron chi connectivity index (χ0n) is 15.0. The number of hydrogen-bond donors (Lipinski definition) is 1. The number of ketones is 1. The van der Waals surface area contributed by atoms with Gasteiger partial charge in [0.2, 0.25) is 0 Å². The number of esters is 1. The van der Waals surface area contributed by atoms with Crippen LogP contribution in [0.2, 0.25) is 0 Å². The van der Waals surface area contributed by atoms with Crippen LogP contribution in [0.4, 0.5) is 0 Å². The second-order valence-electron chi connectivity index (χ2n) is 7.09. The maximum absolute atomic E-state index is 12.6. The summed E-state index contributed by atoms with van der Waals surface area (Å²) in [4.78, 5) is 28.6. The summed E-state index contributed by atoms with van der Waals surface area (Å²) in [6.07, 6.45) is 1.17. The van der Waals surface area contributed by atoms with Crippen LogP contribution in [0.25, 0.3) is 0 Å². The summed E-state index contributed by atoms with van der Waals surface area (Å²) in [7, 11) is 1.33. The summed E-state index contributed by atoms with van der Waals surface area (Å²) in [6.45, 7) is 4.30. The van der Waals surface area contributed by atoms with Crippen molar-refractivity contribution in [3.05, 3.63) is 47.2 Å². The number of methoxy groups -OCH3 is 1. The number of nitrogens with zero attached hydrogens (tertiary/aromatic N) is 1. The Morgan fingerprint density at radius 2 is 1.88 bits per heavy atom. The summed E-state index contributed by atoms with van der Waals surface area (Å²) in [5.74, 6) is -0.417. The molecule has 0 aliphatic heterocycles. The van der Waals surface area contributed by atoms with E-state index in [0.717, 1.165) is 5.56 Å². The van der Waals surface area contributed by atoms with Gasteiger partial charge in [-0.25, -0.2) is 0 Å². The van der Waals surface area contributed by atoms with E-state index < -0.39 is 0 Å². The van der Waals surface area contributed by atoms with Gasteiger partial charge in [-0.2, -0.15) is 0 Å². The molecule has 1 aromatic carbocycles. The molecule has 25 heavy (non-hydrogen) atoms. The van der Waals surface area contributed by atoms with Gasteiger partial charge in [-0.05, 0) is 11.0 Å². The third-order valence-electron chi connectivity index (χ3n) is 4.23. The summed E-state index contributed by atoms with van der Waals surface area (Å²) in [6, 6.07) is 9.66. The molecular weight excluding hydrogens is 318 g/mol. The fraction of sp³-hybridized carbons (Fsp3) is 0.450. The van der Waals surface area contributed by atoms with Crippen LogP contribution in [-0.2, 0) is 20.9 Å². The van der Waals surface area contributed by atoms with E-state index in [-0.39, 0.29) is 41.3 Å². The van der Waals surface area contributed by atoms with E-state index in [2.05, 4.69) is 9.73 Å². The zero-order chi connectivity index (χ0) is 18.4. The van der Waals surface area contributed by atoms with Crippen molar-refractivity contribution < 1.29 is 19.4 Å². The lowest BCUT2D eigenvalue weighted by Crippen LogP contribution is -2.29. The Labute approximate surface area is 148 Å². The summed E-state index contributed by atoms with van der Waals surface area (Å²) in [5.41, 5.74) is 1.49. The van der Waals surface area contributed by atoms with Gasteiger partial charge in [0.25, 0.3) is 0 Å². The maximum atomic E-state index is 12.6. The molecule has 0 atom stereocenters. The number of allylic oxidation sites excluding steroid dienone is 2. The molecule has 0 spiro atoms. The Morgan fingerprint density at radius 3 is 2.48 bits per heavy atom. The van der Waals surface area contributed by atoms with Crippen molar-refractivity contribution >= 4 is 17.5 Å². The summed E-state index contributed by atoms with van der Waals surface area (Å²) >= 11 is 0. The topological polar surface area (TPSA) is 76.0 Å². The molecule has 0 saturated heterocycles. The first-order valence-corrected chi connectivity index (χ1v) is 8.42. The third kappa shape index (κ3) is 5.28. The number of aliphatic imine (C=N–C) groups is 1. The average Bonchev–Trinajstić information content (AvgIpc) is 2.55. The number of Topliss-reactive ketones (excluding diaryl/α,β-unsaturated/α-hetero) is 1. The van der Waals surface area contributed by atoms with Gasteiger partial charge in [-0.15, -0.1) is 0 Å². The fourth-order valence-corrected chi connectivity index (χ4v) is 2.99. The molecule has 5 heteroatoms. The largest absolute Gasteiger partial charge is 0.511 e. The number of rotatable bonds is 6. The highest BCUT2D eigenvalue weighted by Crippen LogP contribution is 2.36. The minimum atomic E-state index is -0.365. The van der Waals surface area contributed by atoms with Crippen molar-refractivity contribution in [1.82, 2.24) is 0 Å². The predicted molar refractivity (Wildman–Crippen MR) is 96.5 cm³/mol. The number of aliphatic hydroxyl groups excluding tert-OH is 1. The third-order valence-corrected chi connectivity index (χ3v) is 4.23. The van der Waals surface area contributed by atoms with Gasteiger partial charge in [-0.1, -0.05) is 44.2 Å². The molecule has 1 N–H and O–H groups in total. The van der Waals surface area contributed by atoms with Crippen molar-refractivity contribution in [2.45, 2.75) is 46.1 Å². The van der Waals surface area contributed by atoms with E-state index in [9.17, 15) is 14.7 Å². The molecule has 0 unspecified atom stereocenters. The standard InChI is InChI=1S/C20H25NO4/c1-20(2)11-16(22)19(17(23)12-20)15(9-10-18(24)25-3)21-13-14-7-5-4-6-8-14/h4-8,22H,9-13H2,1-3H3. The Kier molecular flexibility index (Phi) is 6.12. The first-order chi connectivity index (χ1) is 11.8. The van der Waals surface area contributed by atoms with Crippen LogP contribution in [0.5, 0.6) is 0 Å². The van der Waals surface area contributed by atoms with Crippen molar-refractivity contribution in [3.8, 4) is 0 Å². The lowest BCUT2D eigenvalue weighted by molar-refractivity contribution is -0.140. The summed E-state index contributed by atoms with van der Waals surface area (Å²) in [5, 5.41) is 10.4. The Balaban J connectivity index is 2.30. The molecule has 1 aliphatic carbocycles. The average molecular weight is 343 g/mol. The van der Waals surface area contributed by atoms with Gasteiger partial charge in [-0.3, -0.25) is 14.6 Å². The molecule has 0 bridgehead atoms. The first kappa shape index (κ1) is 18.9. The van der Waals surface area contributed by atoms with E-state index >= 15 is 0 Å². The number of carbonyl (C=O) groups is 2. The van der Waals surface area contributed by atoms with Crippen molar-refractivity contribution in [3.63, 3.8) is 0 Å². The van der Waals surface area contributed by atoms with Crippen molar-refractivity contribution in [2.24, 2.45) is 10.4 Å². The van der Waals surface area contributed by atoms with E-state index in [1.807, 2.05) is 44.2 Å². The minimum absolute atomic E-state index is 0.0675. The highest BCUT2D eigenvalue weighted by Gasteiger charge is 2.35. The van der Waals surface area contributed by atoms with Crippen LogP contribution in [-0.4, -0.2) is 29.7 Å². The van der Waals surface area contributed by atoms with Crippen molar-refractivity contribution in [1.29, 1.82) is 0 Å². The maximum Gasteiger partial charge on any atom is 0.305 e. The molecule has 2 rings (SSSR count). The number of aliphatic hydroxyl groups is 1. The molecule has 0 saturated carbocycles. The molecular formula is C20H25NO4. The number of benzene rings is 1. The monoisotopic (exact) mass is 343 g/mol.